The highest BCUT2D eigenvalue weighted by atomic mass is 19.1. The van der Waals surface area contributed by atoms with Crippen molar-refractivity contribution in [1.29, 1.82) is 0 Å². The van der Waals surface area contributed by atoms with E-state index in [2.05, 4.69) is 15.3 Å². The molecule has 1 atom stereocenters. The molecule has 1 fully saturated rings. The molecule has 7 heteroatoms. The Morgan fingerprint density at radius 2 is 1.96 bits per heavy atom. The third kappa shape index (κ3) is 3.72. The van der Waals surface area contributed by atoms with E-state index in [9.17, 15) is 9.18 Å². The lowest BCUT2D eigenvalue weighted by atomic mass is 10.1. The number of carbonyl (C=O) groups excluding carboxylic acids is 1. The average molecular weight is 357 g/mol. The van der Waals surface area contributed by atoms with Crippen LogP contribution in [0.1, 0.15) is 30.1 Å². The Hall–Kier alpha value is -2.41. The van der Waals surface area contributed by atoms with E-state index in [1.54, 1.807) is 0 Å². The number of halogens is 1. The number of nitrogens with one attached hydrogen (secondary N) is 1. The van der Waals surface area contributed by atoms with Crippen molar-refractivity contribution >= 4 is 6.03 Å². The molecule has 0 saturated carbocycles. The van der Waals surface area contributed by atoms with Gasteiger partial charge in [-0.25, -0.2) is 9.18 Å². The molecule has 4 rings (SSSR count). The third-order valence-electron chi connectivity index (χ3n) is 5.15. The van der Waals surface area contributed by atoms with Crippen molar-refractivity contribution in [2.24, 2.45) is 0 Å². The average Bonchev–Trinajstić information content (AvgIpc) is 3.33. The van der Waals surface area contributed by atoms with Crippen molar-refractivity contribution in [2.45, 2.75) is 32.0 Å². The van der Waals surface area contributed by atoms with Crippen LogP contribution >= 0.6 is 0 Å². The molecule has 1 saturated heterocycles. The van der Waals surface area contributed by atoms with Crippen LogP contribution in [0, 0.1) is 5.82 Å². The fourth-order valence-electron chi connectivity index (χ4n) is 3.82. The standard InChI is InChI=1S/C19H24FN5O/c20-16-5-3-15(4-6-16)12-23-13-17-7-8-22-25(17)18(14-23)11-21-19(26)24-9-1-2-10-24/h3-8,18H,1-2,9-14H2,(H,21,26)/t18-/m0/s1. The van der Waals surface area contributed by atoms with Gasteiger partial charge in [-0.1, -0.05) is 12.1 Å². The number of urea groups is 1. The number of fused-ring (bicyclic) bond motifs is 1. The van der Waals surface area contributed by atoms with Gasteiger partial charge < -0.3 is 10.2 Å². The zero-order valence-electron chi connectivity index (χ0n) is 14.8. The van der Waals surface area contributed by atoms with Crippen LogP contribution in [0.3, 0.4) is 0 Å². The van der Waals surface area contributed by atoms with E-state index in [1.807, 2.05) is 34.0 Å². The lowest BCUT2D eigenvalue weighted by Gasteiger charge is -2.34. The van der Waals surface area contributed by atoms with Crippen LogP contribution in [0.5, 0.6) is 0 Å². The van der Waals surface area contributed by atoms with Gasteiger partial charge in [0.2, 0.25) is 0 Å². The Morgan fingerprint density at radius 3 is 2.73 bits per heavy atom. The molecule has 0 unspecified atom stereocenters. The topological polar surface area (TPSA) is 53.4 Å². The minimum absolute atomic E-state index is 0.0202. The van der Waals surface area contributed by atoms with E-state index in [-0.39, 0.29) is 17.9 Å². The van der Waals surface area contributed by atoms with Crippen molar-refractivity contribution in [2.75, 3.05) is 26.2 Å². The number of carbonyl (C=O) groups is 1. The molecule has 6 nitrogen and oxygen atoms in total. The molecule has 1 aromatic carbocycles. The van der Waals surface area contributed by atoms with E-state index < -0.39 is 0 Å². The molecule has 3 heterocycles. The van der Waals surface area contributed by atoms with Gasteiger partial charge in [0.1, 0.15) is 5.82 Å². The maximum Gasteiger partial charge on any atom is 0.317 e. The Labute approximate surface area is 152 Å². The largest absolute Gasteiger partial charge is 0.336 e. The molecule has 1 N–H and O–H groups in total. The smallest absolute Gasteiger partial charge is 0.317 e. The number of hydrogen-bond donors (Lipinski definition) is 1. The second-order valence-electron chi connectivity index (χ2n) is 7.10. The van der Waals surface area contributed by atoms with Crippen LogP contribution in [-0.4, -0.2) is 51.8 Å². The number of hydrogen-bond acceptors (Lipinski definition) is 3. The van der Waals surface area contributed by atoms with Gasteiger partial charge in [0.05, 0.1) is 11.7 Å². The lowest BCUT2D eigenvalue weighted by Crippen LogP contribution is -2.45. The van der Waals surface area contributed by atoms with Crippen LogP contribution in [0.15, 0.2) is 36.5 Å². The van der Waals surface area contributed by atoms with Crippen LogP contribution in [0.25, 0.3) is 0 Å². The fraction of sp³-hybridized carbons (Fsp3) is 0.474. The van der Waals surface area contributed by atoms with Gasteiger partial charge in [0.25, 0.3) is 0 Å². The van der Waals surface area contributed by atoms with Crippen LogP contribution in [-0.2, 0) is 13.1 Å². The molecule has 2 aliphatic rings. The summed E-state index contributed by atoms with van der Waals surface area (Å²) in [6.07, 6.45) is 3.99. The van der Waals surface area contributed by atoms with Crippen molar-refractivity contribution in [3.8, 4) is 0 Å². The van der Waals surface area contributed by atoms with Crippen LogP contribution in [0.4, 0.5) is 9.18 Å². The molecule has 0 radical (unpaired) electrons. The van der Waals surface area contributed by atoms with E-state index >= 15 is 0 Å². The molecule has 0 spiro atoms. The predicted octanol–water partition coefficient (Wildman–Crippen LogP) is 2.38. The number of aromatic nitrogens is 2. The summed E-state index contributed by atoms with van der Waals surface area (Å²) in [7, 11) is 0. The maximum atomic E-state index is 13.1. The molecular weight excluding hydrogens is 333 g/mol. The molecule has 2 amide bonds. The molecule has 26 heavy (non-hydrogen) atoms. The summed E-state index contributed by atoms with van der Waals surface area (Å²) < 4.78 is 15.1. The molecular formula is C19H24FN5O. The normalized spacial score (nSPS) is 20.2. The Kier molecular flexibility index (Phi) is 4.88. The first-order valence-electron chi connectivity index (χ1n) is 9.21. The highest BCUT2D eigenvalue weighted by Gasteiger charge is 2.27. The summed E-state index contributed by atoms with van der Waals surface area (Å²) in [5, 5.41) is 7.51. The fourth-order valence-corrected chi connectivity index (χ4v) is 3.82. The first-order chi connectivity index (χ1) is 12.7. The first-order valence-corrected chi connectivity index (χ1v) is 9.21. The highest BCUT2D eigenvalue weighted by molar-refractivity contribution is 5.74. The van der Waals surface area contributed by atoms with Crippen LogP contribution < -0.4 is 5.32 Å². The number of amides is 2. The monoisotopic (exact) mass is 357 g/mol. The van der Waals surface area contributed by atoms with E-state index in [4.69, 9.17) is 0 Å². The summed E-state index contributed by atoms with van der Waals surface area (Å²) in [5.74, 6) is -0.215. The van der Waals surface area contributed by atoms with Crippen molar-refractivity contribution in [3.05, 3.63) is 53.6 Å². The Bertz CT molecular complexity index is 754. The van der Waals surface area contributed by atoms with Gasteiger partial charge in [-0.15, -0.1) is 0 Å². The molecule has 2 aliphatic heterocycles. The second kappa shape index (κ2) is 7.45. The van der Waals surface area contributed by atoms with E-state index in [1.165, 1.54) is 12.1 Å². The Morgan fingerprint density at radius 1 is 1.19 bits per heavy atom. The number of benzene rings is 1. The first kappa shape index (κ1) is 17.0. The predicted molar refractivity (Wildman–Crippen MR) is 96.0 cm³/mol. The van der Waals surface area contributed by atoms with Gasteiger partial charge in [-0.2, -0.15) is 5.10 Å². The number of nitrogens with zero attached hydrogens (tertiary/aromatic N) is 4. The summed E-state index contributed by atoms with van der Waals surface area (Å²) in [6, 6.07) is 8.78. The minimum Gasteiger partial charge on any atom is -0.336 e. The van der Waals surface area contributed by atoms with E-state index in [0.717, 1.165) is 56.8 Å². The van der Waals surface area contributed by atoms with Crippen molar-refractivity contribution < 1.29 is 9.18 Å². The second-order valence-corrected chi connectivity index (χ2v) is 7.10. The molecule has 1 aromatic heterocycles. The van der Waals surface area contributed by atoms with Gasteiger partial charge in [-0.05, 0) is 36.6 Å². The summed E-state index contributed by atoms with van der Waals surface area (Å²) in [4.78, 5) is 16.5. The molecule has 2 aromatic rings. The SMILES string of the molecule is O=C(NC[C@H]1CN(Cc2ccc(F)cc2)Cc2ccnn21)N1CCCC1. The van der Waals surface area contributed by atoms with Crippen LogP contribution in [0.2, 0.25) is 0 Å². The van der Waals surface area contributed by atoms with Gasteiger partial charge in [0.15, 0.2) is 0 Å². The van der Waals surface area contributed by atoms with Crippen molar-refractivity contribution in [1.82, 2.24) is 24.9 Å². The highest BCUT2D eigenvalue weighted by Crippen LogP contribution is 2.22. The quantitative estimate of drug-likeness (QED) is 0.914. The summed E-state index contributed by atoms with van der Waals surface area (Å²) >= 11 is 0. The molecule has 0 aliphatic carbocycles. The summed E-state index contributed by atoms with van der Waals surface area (Å²) in [5.41, 5.74) is 2.22. The van der Waals surface area contributed by atoms with Crippen molar-refractivity contribution in [3.63, 3.8) is 0 Å². The molecule has 138 valence electrons. The lowest BCUT2D eigenvalue weighted by molar-refractivity contribution is 0.161. The van der Waals surface area contributed by atoms with Gasteiger partial charge >= 0.3 is 6.03 Å². The Balaban J connectivity index is 1.40. The minimum atomic E-state index is -0.215. The maximum absolute atomic E-state index is 13.1. The van der Waals surface area contributed by atoms with Gasteiger partial charge in [0, 0.05) is 45.5 Å². The zero-order valence-corrected chi connectivity index (χ0v) is 14.8. The summed E-state index contributed by atoms with van der Waals surface area (Å²) in [6.45, 7) is 4.60. The van der Waals surface area contributed by atoms with E-state index in [0.29, 0.717) is 6.54 Å². The van der Waals surface area contributed by atoms with Gasteiger partial charge in [-0.3, -0.25) is 9.58 Å². The number of likely N-dealkylation sites (tertiary alicyclic amines) is 1. The third-order valence-corrected chi connectivity index (χ3v) is 5.15. The number of rotatable bonds is 4. The molecule has 0 bridgehead atoms. The zero-order chi connectivity index (χ0) is 17.9.